The maximum Gasteiger partial charge on any atom is 0.130 e. The Hall–Kier alpha value is -2.16. The molecule has 2 aromatic carbocycles. The third-order valence-corrected chi connectivity index (χ3v) is 3.33. The van der Waals surface area contributed by atoms with Crippen molar-refractivity contribution in [3.63, 3.8) is 0 Å². The maximum absolute atomic E-state index is 10.0. The zero-order valence-electron chi connectivity index (χ0n) is 11.1. The molecule has 0 heterocycles. The Morgan fingerprint density at radius 3 is 1.68 bits per heavy atom. The molecule has 0 amide bonds. The Kier molecular flexibility index (Phi) is 3.65. The number of phenols is 3. The van der Waals surface area contributed by atoms with E-state index in [0.29, 0.717) is 5.56 Å². The summed E-state index contributed by atoms with van der Waals surface area (Å²) < 4.78 is 0. The fourth-order valence-electron chi connectivity index (χ4n) is 2.42. The van der Waals surface area contributed by atoms with Gasteiger partial charge in [0.25, 0.3) is 0 Å². The lowest BCUT2D eigenvalue weighted by atomic mass is 9.90. The summed E-state index contributed by atoms with van der Waals surface area (Å²) in [5.74, 6) is -0.355. The SMILES string of the molecule is CCc1cccc(CC)c1-c1c(O)cc(O)cc1O. The van der Waals surface area contributed by atoms with Crippen LogP contribution in [0.5, 0.6) is 17.2 Å². The van der Waals surface area contributed by atoms with Gasteiger partial charge in [-0.15, -0.1) is 0 Å². The number of aryl methyl sites for hydroxylation is 2. The first-order valence-corrected chi connectivity index (χ1v) is 6.44. The van der Waals surface area contributed by atoms with E-state index in [1.807, 2.05) is 32.0 Å². The molecular weight excluding hydrogens is 240 g/mol. The Morgan fingerprint density at radius 1 is 0.789 bits per heavy atom. The van der Waals surface area contributed by atoms with E-state index in [9.17, 15) is 15.3 Å². The van der Waals surface area contributed by atoms with Gasteiger partial charge in [0.15, 0.2) is 0 Å². The molecule has 0 saturated heterocycles. The molecule has 0 aromatic heterocycles. The predicted octanol–water partition coefficient (Wildman–Crippen LogP) is 3.60. The van der Waals surface area contributed by atoms with Crippen LogP contribution >= 0.6 is 0 Å². The van der Waals surface area contributed by atoms with Crippen LogP contribution in [0.4, 0.5) is 0 Å². The van der Waals surface area contributed by atoms with Crippen molar-refractivity contribution < 1.29 is 15.3 Å². The van der Waals surface area contributed by atoms with Crippen molar-refractivity contribution >= 4 is 0 Å². The highest BCUT2D eigenvalue weighted by Crippen LogP contribution is 2.43. The maximum atomic E-state index is 10.0. The fourth-order valence-corrected chi connectivity index (χ4v) is 2.42. The van der Waals surface area contributed by atoms with Gasteiger partial charge in [-0.25, -0.2) is 0 Å². The number of phenolic OH excluding ortho intramolecular Hbond substituents is 3. The zero-order valence-corrected chi connectivity index (χ0v) is 11.1. The Labute approximate surface area is 112 Å². The van der Waals surface area contributed by atoms with E-state index in [-0.39, 0.29) is 17.2 Å². The van der Waals surface area contributed by atoms with E-state index in [4.69, 9.17) is 0 Å². The molecule has 2 rings (SSSR count). The molecule has 0 saturated carbocycles. The minimum absolute atomic E-state index is 0.104. The van der Waals surface area contributed by atoms with Crippen LogP contribution in [0.15, 0.2) is 30.3 Å². The van der Waals surface area contributed by atoms with E-state index >= 15 is 0 Å². The van der Waals surface area contributed by atoms with E-state index in [1.54, 1.807) is 0 Å². The molecule has 0 unspecified atom stereocenters. The molecule has 0 radical (unpaired) electrons. The molecule has 19 heavy (non-hydrogen) atoms. The summed E-state index contributed by atoms with van der Waals surface area (Å²) in [7, 11) is 0. The molecule has 0 aliphatic carbocycles. The monoisotopic (exact) mass is 258 g/mol. The van der Waals surface area contributed by atoms with Crippen LogP contribution in [0.2, 0.25) is 0 Å². The van der Waals surface area contributed by atoms with Crippen LogP contribution in [0.1, 0.15) is 25.0 Å². The highest BCUT2D eigenvalue weighted by Gasteiger charge is 2.17. The molecule has 100 valence electrons. The second-order valence-corrected chi connectivity index (χ2v) is 4.52. The molecule has 0 fully saturated rings. The Morgan fingerprint density at radius 2 is 1.26 bits per heavy atom. The summed E-state index contributed by atoms with van der Waals surface area (Å²) in [4.78, 5) is 0. The van der Waals surface area contributed by atoms with Gasteiger partial charge >= 0.3 is 0 Å². The summed E-state index contributed by atoms with van der Waals surface area (Å²) in [6.07, 6.45) is 1.62. The van der Waals surface area contributed by atoms with Crippen LogP contribution in [0, 0.1) is 0 Å². The van der Waals surface area contributed by atoms with Gasteiger partial charge in [0.2, 0.25) is 0 Å². The second-order valence-electron chi connectivity index (χ2n) is 4.52. The molecule has 3 nitrogen and oxygen atoms in total. The smallest absolute Gasteiger partial charge is 0.130 e. The van der Waals surface area contributed by atoms with Crippen LogP contribution in [-0.2, 0) is 12.8 Å². The minimum Gasteiger partial charge on any atom is -0.508 e. The number of hydrogen-bond donors (Lipinski definition) is 3. The summed E-state index contributed by atoms with van der Waals surface area (Å²) >= 11 is 0. The molecule has 0 atom stereocenters. The van der Waals surface area contributed by atoms with Gasteiger partial charge in [0, 0.05) is 12.1 Å². The van der Waals surface area contributed by atoms with Crippen LogP contribution < -0.4 is 0 Å². The van der Waals surface area contributed by atoms with Gasteiger partial charge in [0.05, 0.1) is 5.56 Å². The third kappa shape index (κ3) is 2.36. The summed E-state index contributed by atoms with van der Waals surface area (Å²) in [5, 5.41) is 29.5. The lowest BCUT2D eigenvalue weighted by Gasteiger charge is -2.16. The topological polar surface area (TPSA) is 60.7 Å². The van der Waals surface area contributed by atoms with Crippen LogP contribution in [0.25, 0.3) is 11.1 Å². The Bertz CT molecular complexity index is 558. The van der Waals surface area contributed by atoms with Crippen molar-refractivity contribution in [1.29, 1.82) is 0 Å². The van der Waals surface area contributed by atoms with Gasteiger partial charge < -0.3 is 15.3 Å². The molecule has 0 bridgehead atoms. The molecule has 0 aliphatic heterocycles. The first-order chi connectivity index (χ1) is 9.08. The number of aromatic hydroxyl groups is 3. The average Bonchev–Trinajstić information content (AvgIpc) is 2.37. The number of benzene rings is 2. The van der Waals surface area contributed by atoms with Gasteiger partial charge in [-0.1, -0.05) is 32.0 Å². The van der Waals surface area contributed by atoms with Crippen molar-refractivity contribution in [2.45, 2.75) is 26.7 Å². The molecule has 2 aromatic rings. The van der Waals surface area contributed by atoms with Gasteiger partial charge in [-0.2, -0.15) is 0 Å². The molecule has 0 spiro atoms. The number of hydrogen-bond acceptors (Lipinski definition) is 3. The van der Waals surface area contributed by atoms with E-state index in [0.717, 1.165) is 29.5 Å². The minimum atomic E-state index is -0.147. The standard InChI is InChI=1S/C16H18O3/c1-3-10-6-5-7-11(4-2)15(10)16-13(18)8-12(17)9-14(16)19/h5-9,17-19H,3-4H2,1-2H3. The predicted molar refractivity (Wildman–Crippen MR) is 75.6 cm³/mol. The second kappa shape index (κ2) is 5.22. The van der Waals surface area contributed by atoms with Crippen molar-refractivity contribution in [2.75, 3.05) is 0 Å². The molecular formula is C16H18O3. The van der Waals surface area contributed by atoms with Crippen molar-refractivity contribution in [2.24, 2.45) is 0 Å². The first kappa shape index (κ1) is 13.3. The fraction of sp³-hybridized carbons (Fsp3) is 0.250. The van der Waals surface area contributed by atoms with Gasteiger partial charge in [-0.3, -0.25) is 0 Å². The normalized spacial score (nSPS) is 10.6. The largest absolute Gasteiger partial charge is 0.508 e. The van der Waals surface area contributed by atoms with Crippen molar-refractivity contribution in [3.8, 4) is 28.4 Å². The highest BCUT2D eigenvalue weighted by atomic mass is 16.3. The molecule has 3 heteroatoms. The lowest BCUT2D eigenvalue weighted by Crippen LogP contribution is -1.95. The van der Waals surface area contributed by atoms with Crippen molar-refractivity contribution in [3.05, 3.63) is 41.5 Å². The summed E-state index contributed by atoms with van der Waals surface area (Å²) in [6, 6.07) is 8.46. The highest BCUT2D eigenvalue weighted by molar-refractivity contribution is 5.82. The number of rotatable bonds is 3. The summed E-state index contributed by atoms with van der Waals surface area (Å²) in [6.45, 7) is 4.07. The van der Waals surface area contributed by atoms with E-state index in [1.165, 1.54) is 12.1 Å². The van der Waals surface area contributed by atoms with E-state index in [2.05, 4.69) is 0 Å². The van der Waals surface area contributed by atoms with Gasteiger partial charge in [0.1, 0.15) is 17.2 Å². The van der Waals surface area contributed by atoms with Crippen molar-refractivity contribution in [1.82, 2.24) is 0 Å². The Balaban J connectivity index is 2.78. The lowest BCUT2D eigenvalue weighted by molar-refractivity contribution is 0.430. The van der Waals surface area contributed by atoms with Crippen LogP contribution in [0.3, 0.4) is 0 Å². The first-order valence-electron chi connectivity index (χ1n) is 6.44. The average molecular weight is 258 g/mol. The molecule has 3 N–H and O–H groups in total. The van der Waals surface area contributed by atoms with Gasteiger partial charge in [-0.05, 0) is 29.5 Å². The third-order valence-electron chi connectivity index (χ3n) is 3.33. The molecule has 0 aliphatic rings. The zero-order chi connectivity index (χ0) is 14.0. The van der Waals surface area contributed by atoms with Crippen LogP contribution in [-0.4, -0.2) is 15.3 Å². The quantitative estimate of drug-likeness (QED) is 0.788. The summed E-state index contributed by atoms with van der Waals surface area (Å²) in [5.41, 5.74) is 3.39. The van der Waals surface area contributed by atoms with E-state index < -0.39 is 0 Å².